The number of hydrogen-bond acceptors (Lipinski definition) is 4. The summed E-state index contributed by atoms with van der Waals surface area (Å²) in [6.07, 6.45) is 2.58. The molecule has 0 radical (unpaired) electrons. The lowest BCUT2D eigenvalue weighted by atomic mass is 10.1. The van der Waals surface area contributed by atoms with Gasteiger partial charge in [-0.05, 0) is 64.4 Å². The first-order valence-electron chi connectivity index (χ1n) is 9.02. The van der Waals surface area contributed by atoms with Gasteiger partial charge in [-0.3, -0.25) is 9.69 Å². The molecule has 0 bridgehead atoms. The molecule has 0 saturated carbocycles. The van der Waals surface area contributed by atoms with Gasteiger partial charge in [0.25, 0.3) is 5.91 Å². The van der Waals surface area contributed by atoms with Gasteiger partial charge in [-0.25, -0.2) is 0 Å². The van der Waals surface area contributed by atoms with Crippen LogP contribution in [-0.2, 0) is 11.4 Å². The molecule has 1 heterocycles. The predicted octanol–water partition coefficient (Wildman–Crippen LogP) is 5.16. The minimum Gasteiger partial charge on any atom is -0.493 e. The van der Waals surface area contributed by atoms with Gasteiger partial charge in [-0.2, -0.15) is 0 Å². The number of rotatable bonds is 7. The molecule has 1 amide bonds. The van der Waals surface area contributed by atoms with Crippen LogP contribution in [0.4, 0.5) is 0 Å². The van der Waals surface area contributed by atoms with Gasteiger partial charge >= 0.3 is 0 Å². The zero-order valence-corrected chi connectivity index (χ0v) is 19.2. The maximum atomic E-state index is 12.5. The van der Waals surface area contributed by atoms with E-state index in [-0.39, 0.29) is 5.91 Å². The second-order valence-corrected chi connectivity index (χ2v) is 8.01. The van der Waals surface area contributed by atoms with Crippen molar-refractivity contribution < 1.29 is 14.3 Å². The molecule has 5 nitrogen and oxygen atoms in total. The number of benzene rings is 2. The van der Waals surface area contributed by atoms with Crippen LogP contribution in [0.5, 0.6) is 11.5 Å². The van der Waals surface area contributed by atoms with Crippen LogP contribution in [0.15, 0.2) is 46.6 Å². The minimum atomic E-state index is -0.133. The lowest BCUT2D eigenvalue weighted by Gasteiger charge is -2.14. The van der Waals surface area contributed by atoms with Gasteiger partial charge in [0.2, 0.25) is 0 Å². The van der Waals surface area contributed by atoms with Crippen LogP contribution in [0.1, 0.15) is 24.5 Å². The Morgan fingerprint density at radius 3 is 2.76 bits per heavy atom. The van der Waals surface area contributed by atoms with Crippen molar-refractivity contribution in [1.82, 2.24) is 10.2 Å². The van der Waals surface area contributed by atoms with Gasteiger partial charge in [0.05, 0.1) is 11.6 Å². The van der Waals surface area contributed by atoms with Gasteiger partial charge in [-0.1, -0.05) is 36.7 Å². The SMILES string of the molecule is CCCN1C(=O)/C(=C/c2cc(Br)c(OCc3ccccc3Cl)c(OC)c2)NC1=S. The van der Waals surface area contributed by atoms with E-state index in [9.17, 15) is 4.79 Å². The van der Waals surface area contributed by atoms with E-state index in [0.717, 1.165) is 17.5 Å². The van der Waals surface area contributed by atoms with E-state index in [2.05, 4.69) is 21.2 Å². The topological polar surface area (TPSA) is 50.8 Å². The van der Waals surface area contributed by atoms with Gasteiger partial charge in [-0.15, -0.1) is 0 Å². The summed E-state index contributed by atoms with van der Waals surface area (Å²) in [5.41, 5.74) is 2.08. The van der Waals surface area contributed by atoms with Crippen molar-refractivity contribution in [2.24, 2.45) is 0 Å². The van der Waals surface area contributed by atoms with Crippen molar-refractivity contribution in [1.29, 1.82) is 0 Å². The molecular formula is C21H20BrClN2O3S. The maximum Gasteiger partial charge on any atom is 0.276 e. The number of ether oxygens (including phenoxy) is 2. The second-order valence-electron chi connectivity index (χ2n) is 6.36. The number of amides is 1. The molecule has 1 saturated heterocycles. The summed E-state index contributed by atoms with van der Waals surface area (Å²) in [5, 5.41) is 4.04. The van der Waals surface area contributed by atoms with Crippen molar-refractivity contribution in [3.8, 4) is 11.5 Å². The highest BCUT2D eigenvalue weighted by Gasteiger charge is 2.29. The molecule has 0 unspecified atom stereocenters. The minimum absolute atomic E-state index is 0.133. The fourth-order valence-electron chi connectivity index (χ4n) is 2.89. The van der Waals surface area contributed by atoms with E-state index < -0.39 is 0 Å². The van der Waals surface area contributed by atoms with Crippen LogP contribution < -0.4 is 14.8 Å². The number of hydrogen-bond donors (Lipinski definition) is 1. The first-order valence-corrected chi connectivity index (χ1v) is 10.6. The van der Waals surface area contributed by atoms with Gasteiger partial charge in [0, 0.05) is 17.1 Å². The Morgan fingerprint density at radius 2 is 2.07 bits per heavy atom. The van der Waals surface area contributed by atoms with Gasteiger partial charge in [0.15, 0.2) is 16.6 Å². The molecule has 152 valence electrons. The average molecular weight is 496 g/mol. The van der Waals surface area contributed by atoms with Gasteiger partial charge < -0.3 is 14.8 Å². The smallest absolute Gasteiger partial charge is 0.276 e. The molecule has 1 aliphatic rings. The molecule has 8 heteroatoms. The second kappa shape index (κ2) is 9.61. The highest BCUT2D eigenvalue weighted by atomic mass is 79.9. The number of nitrogens with one attached hydrogen (secondary N) is 1. The summed E-state index contributed by atoms with van der Waals surface area (Å²) < 4.78 is 12.2. The van der Waals surface area contributed by atoms with E-state index in [1.165, 1.54) is 0 Å². The summed E-state index contributed by atoms with van der Waals surface area (Å²) in [4.78, 5) is 14.1. The molecule has 2 aromatic rings. The van der Waals surface area contributed by atoms with Crippen molar-refractivity contribution in [3.63, 3.8) is 0 Å². The normalized spacial score (nSPS) is 15.0. The number of nitrogens with zero attached hydrogens (tertiary/aromatic N) is 1. The number of carbonyl (C=O) groups excluding carboxylic acids is 1. The molecular weight excluding hydrogens is 476 g/mol. The summed E-state index contributed by atoms with van der Waals surface area (Å²) in [7, 11) is 1.57. The third kappa shape index (κ3) is 4.91. The number of methoxy groups -OCH3 is 1. The van der Waals surface area contributed by atoms with Crippen LogP contribution in [-0.4, -0.2) is 29.6 Å². The fraction of sp³-hybridized carbons (Fsp3) is 0.238. The Balaban J connectivity index is 1.84. The fourth-order valence-corrected chi connectivity index (χ4v) is 3.94. The largest absolute Gasteiger partial charge is 0.493 e. The molecule has 0 atom stereocenters. The van der Waals surface area contributed by atoms with Crippen LogP contribution >= 0.6 is 39.7 Å². The summed E-state index contributed by atoms with van der Waals surface area (Å²) in [6.45, 7) is 2.89. The number of thiocarbonyl (C=S) groups is 1. The molecule has 0 aliphatic carbocycles. The van der Waals surface area contributed by atoms with Crippen molar-refractivity contribution in [3.05, 3.63) is 62.7 Å². The Hall–Kier alpha value is -2.09. The highest BCUT2D eigenvalue weighted by Crippen LogP contribution is 2.38. The summed E-state index contributed by atoms with van der Waals surface area (Å²) in [5.74, 6) is 0.964. The van der Waals surface area contributed by atoms with Gasteiger partial charge in [0.1, 0.15) is 12.3 Å². The van der Waals surface area contributed by atoms with E-state index in [1.807, 2.05) is 37.3 Å². The molecule has 1 fully saturated rings. The summed E-state index contributed by atoms with van der Waals surface area (Å²) in [6, 6.07) is 11.2. The quantitative estimate of drug-likeness (QED) is 0.425. The average Bonchev–Trinajstić information content (AvgIpc) is 2.95. The van der Waals surface area contributed by atoms with E-state index in [1.54, 1.807) is 24.2 Å². The van der Waals surface area contributed by atoms with Crippen LogP contribution in [0.25, 0.3) is 6.08 Å². The van der Waals surface area contributed by atoms with E-state index in [0.29, 0.717) is 45.0 Å². The Morgan fingerprint density at radius 1 is 1.31 bits per heavy atom. The Kier molecular flexibility index (Phi) is 7.16. The van der Waals surface area contributed by atoms with Crippen molar-refractivity contribution in [2.45, 2.75) is 20.0 Å². The van der Waals surface area contributed by atoms with Crippen molar-refractivity contribution >= 4 is 56.8 Å². The lowest BCUT2D eigenvalue weighted by molar-refractivity contribution is -0.122. The predicted molar refractivity (Wildman–Crippen MR) is 122 cm³/mol. The monoisotopic (exact) mass is 494 g/mol. The number of halogens is 2. The first-order chi connectivity index (χ1) is 13.9. The van der Waals surface area contributed by atoms with Crippen LogP contribution in [0, 0.1) is 0 Å². The number of carbonyl (C=O) groups is 1. The third-order valence-electron chi connectivity index (χ3n) is 4.30. The Labute approximate surface area is 188 Å². The first kappa shape index (κ1) is 21.6. The molecule has 0 aromatic heterocycles. The standard InChI is InChI=1S/C21H20BrClN2O3S/c1-3-8-25-20(26)17(24-21(25)29)10-13-9-15(22)19(18(11-13)27-2)28-12-14-6-4-5-7-16(14)23/h4-7,9-11H,3,8,12H2,1-2H3,(H,24,29)/b17-10-. The van der Waals surface area contributed by atoms with E-state index >= 15 is 0 Å². The zero-order valence-electron chi connectivity index (χ0n) is 16.0. The van der Waals surface area contributed by atoms with E-state index in [4.69, 9.17) is 33.3 Å². The molecule has 0 spiro atoms. The molecule has 1 N–H and O–H groups in total. The van der Waals surface area contributed by atoms with Crippen LogP contribution in [0.3, 0.4) is 0 Å². The zero-order chi connectivity index (χ0) is 21.0. The lowest BCUT2D eigenvalue weighted by Crippen LogP contribution is -2.31. The molecule has 1 aliphatic heterocycles. The van der Waals surface area contributed by atoms with Crippen LogP contribution in [0.2, 0.25) is 5.02 Å². The summed E-state index contributed by atoms with van der Waals surface area (Å²) >= 11 is 15.0. The third-order valence-corrected chi connectivity index (χ3v) is 5.58. The molecule has 29 heavy (non-hydrogen) atoms. The molecule has 2 aromatic carbocycles. The Bertz CT molecular complexity index is 980. The maximum absolute atomic E-state index is 12.5. The highest BCUT2D eigenvalue weighted by molar-refractivity contribution is 9.10. The van der Waals surface area contributed by atoms with Crippen molar-refractivity contribution in [2.75, 3.05) is 13.7 Å². The molecule has 3 rings (SSSR count).